The molecule has 1 heterocycles. The van der Waals surface area contributed by atoms with Gasteiger partial charge < -0.3 is 16.0 Å². The number of piperazine rings is 1. The average Bonchev–Trinajstić information content (AvgIpc) is 2.46. The molecule has 1 aliphatic heterocycles. The fourth-order valence-corrected chi connectivity index (χ4v) is 2.50. The quantitative estimate of drug-likeness (QED) is 0.846. The third-order valence-electron chi connectivity index (χ3n) is 3.75. The van der Waals surface area contributed by atoms with Gasteiger partial charge in [-0.05, 0) is 38.1 Å². The molecule has 19 heavy (non-hydrogen) atoms. The number of hydrogen-bond acceptors (Lipinski definition) is 4. The van der Waals surface area contributed by atoms with E-state index in [-0.39, 0.29) is 0 Å². The highest BCUT2D eigenvalue weighted by Crippen LogP contribution is 2.19. The zero-order chi connectivity index (χ0) is 13.7. The van der Waals surface area contributed by atoms with E-state index in [1.54, 1.807) is 0 Å². The Morgan fingerprint density at radius 1 is 1.11 bits per heavy atom. The van der Waals surface area contributed by atoms with Crippen LogP contribution in [0.15, 0.2) is 24.3 Å². The van der Waals surface area contributed by atoms with Gasteiger partial charge in [0, 0.05) is 56.7 Å². The Morgan fingerprint density at radius 3 is 2.26 bits per heavy atom. The number of nitrogens with two attached hydrogens (primary N) is 1. The van der Waals surface area contributed by atoms with Crippen LogP contribution in [0.2, 0.25) is 0 Å². The van der Waals surface area contributed by atoms with E-state index in [1.807, 2.05) is 0 Å². The lowest BCUT2D eigenvalue weighted by atomic mass is 10.2. The van der Waals surface area contributed by atoms with Crippen LogP contribution in [0.3, 0.4) is 0 Å². The number of nitrogens with one attached hydrogen (secondary N) is 1. The van der Waals surface area contributed by atoms with Crippen LogP contribution < -0.4 is 16.0 Å². The number of rotatable bonds is 5. The van der Waals surface area contributed by atoms with Crippen LogP contribution in [0, 0.1) is 0 Å². The molecule has 4 heteroatoms. The molecule has 1 saturated heterocycles. The molecule has 106 valence electrons. The first-order valence-corrected chi connectivity index (χ1v) is 7.23. The minimum atomic E-state index is 0.657. The van der Waals surface area contributed by atoms with E-state index in [0.717, 1.165) is 38.4 Å². The smallest absolute Gasteiger partial charge is 0.0368 e. The van der Waals surface area contributed by atoms with Crippen molar-refractivity contribution < 1.29 is 0 Å². The third kappa shape index (κ3) is 3.85. The molecule has 1 aromatic carbocycles. The van der Waals surface area contributed by atoms with Crippen LogP contribution in [0.25, 0.3) is 0 Å². The first-order chi connectivity index (χ1) is 9.20. The van der Waals surface area contributed by atoms with Crippen molar-refractivity contribution in [2.75, 3.05) is 49.5 Å². The second-order valence-corrected chi connectivity index (χ2v) is 5.38. The molecule has 4 nitrogen and oxygen atoms in total. The van der Waals surface area contributed by atoms with Gasteiger partial charge in [-0.2, -0.15) is 0 Å². The Bertz CT molecular complexity index is 366. The molecular formula is C15H26N4. The zero-order valence-corrected chi connectivity index (χ0v) is 12.1. The van der Waals surface area contributed by atoms with E-state index in [1.165, 1.54) is 5.69 Å². The lowest BCUT2D eigenvalue weighted by molar-refractivity contribution is 0.209. The summed E-state index contributed by atoms with van der Waals surface area (Å²) in [5.41, 5.74) is 7.95. The fraction of sp³-hybridized carbons (Fsp3) is 0.600. The number of benzene rings is 1. The van der Waals surface area contributed by atoms with Gasteiger partial charge in [0.1, 0.15) is 0 Å². The number of nitrogens with zero attached hydrogens (tertiary/aromatic N) is 2. The van der Waals surface area contributed by atoms with Gasteiger partial charge in [-0.3, -0.25) is 4.90 Å². The molecule has 0 radical (unpaired) electrons. The van der Waals surface area contributed by atoms with Gasteiger partial charge in [-0.1, -0.05) is 0 Å². The predicted molar refractivity (Wildman–Crippen MR) is 82.9 cm³/mol. The topological polar surface area (TPSA) is 44.5 Å². The lowest BCUT2D eigenvalue weighted by Gasteiger charge is -2.38. The van der Waals surface area contributed by atoms with E-state index >= 15 is 0 Å². The maximum absolute atomic E-state index is 5.49. The van der Waals surface area contributed by atoms with Crippen molar-refractivity contribution in [1.82, 2.24) is 4.90 Å². The maximum Gasteiger partial charge on any atom is 0.0368 e. The first-order valence-electron chi connectivity index (χ1n) is 7.23. The summed E-state index contributed by atoms with van der Waals surface area (Å²) in [5, 5.41) is 3.29. The van der Waals surface area contributed by atoms with Gasteiger partial charge in [-0.15, -0.1) is 0 Å². The van der Waals surface area contributed by atoms with Gasteiger partial charge in [0.05, 0.1) is 0 Å². The zero-order valence-electron chi connectivity index (χ0n) is 12.1. The van der Waals surface area contributed by atoms with E-state index in [4.69, 9.17) is 5.73 Å². The summed E-state index contributed by atoms with van der Waals surface area (Å²) in [4.78, 5) is 5.00. The minimum absolute atomic E-state index is 0.657. The molecular weight excluding hydrogens is 236 g/mol. The van der Waals surface area contributed by atoms with E-state index in [2.05, 4.69) is 53.2 Å². The molecule has 1 fully saturated rings. The van der Waals surface area contributed by atoms with Crippen LogP contribution in [0.1, 0.15) is 13.8 Å². The van der Waals surface area contributed by atoms with Crippen molar-refractivity contribution in [2.45, 2.75) is 19.9 Å². The highest BCUT2D eigenvalue weighted by Gasteiger charge is 2.18. The van der Waals surface area contributed by atoms with Crippen molar-refractivity contribution in [1.29, 1.82) is 0 Å². The molecule has 0 amide bonds. The molecule has 0 aliphatic carbocycles. The van der Waals surface area contributed by atoms with E-state index in [9.17, 15) is 0 Å². The minimum Gasteiger partial charge on any atom is -0.384 e. The standard InChI is InChI=1S/C15H26N4/c1-13(2)18-9-11-19(12-10-18)15-5-3-14(4-6-15)17-8-7-16/h3-6,13,17H,7-12,16H2,1-2H3. The van der Waals surface area contributed by atoms with Gasteiger partial charge in [0.25, 0.3) is 0 Å². The SMILES string of the molecule is CC(C)N1CCN(c2ccc(NCCN)cc2)CC1. The van der Waals surface area contributed by atoms with Crippen molar-refractivity contribution >= 4 is 11.4 Å². The molecule has 1 aliphatic rings. The number of anilines is 2. The van der Waals surface area contributed by atoms with Crippen molar-refractivity contribution in [3.8, 4) is 0 Å². The summed E-state index contributed by atoms with van der Waals surface area (Å²) in [6, 6.07) is 9.33. The normalized spacial score (nSPS) is 16.9. The summed E-state index contributed by atoms with van der Waals surface area (Å²) in [7, 11) is 0. The fourth-order valence-electron chi connectivity index (χ4n) is 2.50. The second-order valence-electron chi connectivity index (χ2n) is 5.38. The van der Waals surface area contributed by atoms with E-state index < -0.39 is 0 Å². The maximum atomic E-state index is 5.49. The summed E-state index contributed by atoms with van der Waals surface area (Å²) in [6.07, 6.45) is 0. The molecule has 3 N–H and O–H groups in total. The van der Waals surface area contributed by atoms with Crippen LogP contribution in [0.4, 0.5) is 11.4 Å². The highest BCUT2D eigenvalue weighted by atomic mass is 15.3. The molecule has 0 unspecified atom stereocenters. The molecule has 0 bridgehead atoms. The molecule has 0 atom stereocenters. The summed E-state index contributed by atoms with van der Waals surface area (Å²) in [6.45, 7) is 10.6. The predicted octanol–water partition coefficient (Wildman–Crippen LogP) is 1.59. The highest BCUT2D eigenvalue weighted by molar-refractivity contribution is 5.55. The third-order valence-corrected chi connectivity index (χ3v) is 3.75. The van der Waals surface area contributed by atoms with Gasteiger partial charge in [0.2, 0.25) is 0 Å². The van der Waals surface area contributed by atoms with Crippen LogP contribution in [-0.2, 0) is 0 Å². The van der Waals surface area contributed by atoms with Crippen molar-refractivity contribution in [2.24, 2.45) is 5.73 Å². The molecule has 0 aromatic heterocycles. The summed E-state index contributed by atoms with van der Waals surface area (Å²) < 4.78 is 0. The Kier molecular flexibility index (Phi) is 5.05. The second kappa shape index (κ2) is 6.78. The largest absolute Gasteiger partial charge is 0.384 e. The molecule has 0 spiro atoms. The van der Waals surface area contributed by atoms with Gasteiger partial charge >= 0.3 is 0 Å². The van der Waals surface area contributed by atoms with Crippen LogP contribution in [-0.4, -0.2) is 50.2 Å². The van der Waals surface area contributed by atoms with Crippen LogP contribution >= 0.6 is 0 Å². The Morgan fingerprint density at radius 2 is 1.74 bits per heavy atom. The van der Waals surface area contributed by atoms with E-state index in [0.29, 0.717) is 12.6 Å². The van der Waals surface area contributed by atoms with Crippen LogP contribution in [0.5, 0.6) is 0 Å². The lowest BCUT2D eigenvalue weighted by Crippen LogP contribution is -2.48. The Balaban J connectivity index is 1.89. The Hall–Kier alpha value is -1.26. The summed E-state index contributed by atoms with van der Waals surface area (Å²) >= 11 is 0. The molecule has 2 rings (SSSR count). The summed E-state index contributed by atoms with van der Waals surface area (Å²) in [5.74, 6) is 0. The Labute approximate surface area is 116 Å². The molecule has 1 aromatic rings. The monoisotopic (exact) mass is 262 g/mol. The van der Waals surface area contributed by atoms with Gasteiger partial charge in [0.15, 0.2) is 0 Å². The van der Waals surface area contributed by atoms with Crippen molar-refractivity contribution in [3.63, 3.8) is 0 Å². The molecule has 0 saturated carbocycles. The number of hydrogen-bond donors (Lipinski definition) is 2. The van der Waals surface area contributed by atoms with Crippen molar-refractivity contribution in [3.05, 3.63) is 24.3 Å². The average molecular weight is 262 g/mol. The first kappa shape index (κ1) is 14.2. The van der Waals surface area contributed by atoms with Gasteiger partial charge in [-0.25, -0.2) is 0 Å².